The number of nitrogens with zero attached hydrogens (tertiary/aromatic N) is 1. The van der Waals surface area contributed by atoms with Crippen LogP contribution >= 0.6 is 0 Å². The summed E-state index contributed by atoms with van der Waals surface area (Å²) in [4.78, 5) is 6.26. The van der Waals surface area contributed by atoms with Gasteiger partial charge >= 0.3 is 29.6 Å². The predicted molar refractivity (Wildman–Crippen MR) is 35.6 cm³/mol. The van der Waals surface area contributed by atoms with Crippen molar-refractivity contribution in [2.45, 2.75) is 0 Å². The van der Waals surface area contributed by atoms with E-state index in [0.29, 0.717) is 5.82 Å². The van der Waals surface area contributed by atoms with Crippen LogP contribution in [0.2, 0.25) is 0 Å². The van der Waals surface area contributed by atoms with E-state index in [9.17, 15) is 5.11 Å². The average Bonchev–Trinajstić information content (AvgIpc) is 2.27. The van der Waals surface area contributed by atoms with Crippen LogP contribution < -0.4 is 40.0 Å². The van der Waals surface area contributed by atoms with Crippen molar-refractivity contribution in [3.05, 3.63) is 11.8 Å². The molecule has 0 aromatic carbocycles. The Labute approximate surface area is 86.0 Å². The van der Waals surface area contributed by atoms with Crippen LogP contribution in [0.4, 0.5) is 5.82 Å². The maximum absolute atomic E-state index is 10.6. The van der Waals surface area contributed by atoms with E-state index in [1.54, 1.807) is 0 Å². The van der Waals surface area contributed by atoms with Crippen molar-refractivity contribution < 1.29 is 34.7 Å². The van der Waals surface area contributed by atoms with E-state index in [1.807, 2.05) is 12.2 Å². The van der Waals surface area contributed by atoms with Gasteiger partial charge < -0.3 is 15.4 Å². The predicted octanol–water partition coefficient (Wildman–Crippen LogP) is -3.07. The number of anilines is 1. The fourth-order valence-electron chi connectivity index (χ4n) is 0.952. The molecular formula is C6H6N3NaO. The van der Waals surface area contributed by atoms with E-state index in [1.165, 1.54) is 0 Å². The Balaban J connectivity index is 0.000000605. The van der Waals surface area contributed by atoms with Crippen molar-refractivity contribution in [2.24, 2.45) is 0 Å². The molecule has 1 aromatic rings. The van der Waals surface area contributed by atoms with Gasteiger partial charge in [0.05, 0.1) is 11.7 Å². The van der Waals surface area contributed by atoms with Crippen LogP contribution in [0.3, 0.4) is 0 Å². The average molecular weight is 159 g/mol. The standard InChI is InChI=1S/C6H7N3O.Na/c10-6-8-4-2-1-3-7-5(4)9-6;/h1-2,7H,3H2,(H2,8,9,10);/q;+1/p-1. The maximum atomic E-state index is 10.6. The second-order valence-corrected chi connectivity index (χ2v) is 2.09. The molecule has 1 aliphatic rings. The van der Waals surface area contributed by atoms with Gasteiger partial charge in [-0.05, 0) is 6.08 Å². The zero-order valence-electron chi connectivity index (χ0n) is 6.22. The summed E-state index contributed by atoms with van der Waals surface area (Å²) in [5.41, 5.74) is 0.774. The summed E-state index contributed by atoms with van der Waals surface area (Å²) in [6.07, 6.45) is 3.78. The summed E-state index contributed by atoms with van der Waals surface area (Å²) in [6, 6.07) is -0.288. The number of rotatable bonds is 0. The van der Waals surface area contributed by atoms with Crippen molar-refractivity contribution in [3.8, 4) is 6.01 Å². The zero-order valence-corrected chi connectivity index (χ0v) is 8.22. The van der Waals surface area contributed by atoms with Gasteiger partial charge in [-0.1, -0.05) is 6.08 Å². The molecule has 0 fully saturated rings. The molecule has 11 heavy (non-hydrogen) atoms. The van der Waals surface area contributed by atoms with Gasteiger partial charge in [-0.15, -0.1) is 0 Å². The van der Waals surface area contributed by atoms with Gasteiger partial charge in [0.25, 0.3) is 0 Å². The molecule has 0 aliphatic carbocycles. The first-order valence-corrected chi connectivity index (χ1v) is 3.04. The van der Waals surface area contributed by atoms with E-state index >= 15 is 0 Å². The molecule has 0 atom stereocenters. The summed E-state index contributed by atoms with van der Waals surface area (Å²) < 4.78 is 0. The van der Waals surface area contributed by atoms with Crippen LogP contribution in [0.25, 0.3) is 6.08 Å². The Kier molecular flexibility index (Phi) is 2.59. The molecular weight excluding hydrogens is 153 g/mol. The zero-order chi connectivity index (χ0) is 6.97. The summed E-state index contributed by atoms with van der Waals surface area (Å²) in [5, 5.41) is 13.6. The Morgan fingerprint density at radius 2 is 2.36 bits per heavy atom. The van der Waals surface area contributed by atoms with Crippen molar-refractivity contribution in [3.63, 3.8) is 0 Å². The molecule has 0 radical (unpaired) electrons. The van der Waals surface area contributed by atoms with Crippen molar-refractivity contribution in [2.75, 3.05) is 11.9 Å². The van der Waals surface area contributed by atoms with E-state index in [0.717, 1.165) is 12.2 Å². The number of hydrogen-bond acceptors (Lipinski definition) is 3. The van der Waals surface area contributed by atoms with Gasteiger partial charge in [0.2, 0.25) is 0 Å². The van der Waals surface area contributed by atoms with E-state index < -0.39 is 0 Å². The Morgan fingerprint density at radius 1 is 1.55 bits per heavy atom. The van der Waals surface area contributed by atoms with Crippen molar-refractivity contribution in [1.82, 2.24) is 9.97 Å². The van der Waals surface area contributed by atoms with Gasteiger partial charge in [-0.25, -0.2) is 4.98 Å². The van der Waals surface area contributed by atoms with Crippen molar-refractivity contribution >= 4 is 11.9 Å². The minimum absolute atomic E-state index is 0. The summed E-state index contributed by atoms with van der Waals surface area (Å²) >= 11 is 0. The molecule has 1 aliphatic heterocycles. The van der Waals surface area contributed by atoms with Crippen LogP contribution in [-0.4, -0.2) is 16.5 Å². The first kappa shape index (κ1) is 8.64. The molecule has 5 heteroatoms. The Hall–Kier alpha value is -0.450. The smallest absolute Gasteiger partial charge is 0.846 e. The molecule has 4 nitrogen and oxygen atoms in total. The first-order chi connectivity index (χ1) is 4.86. The summed E-state index contributed by atoms with van der Waals surface area (Å²) in [5.74, 6) is 0.660. The molecule has 0 spiro atoms. The van der Waals surface area contributed by atoms with Crippen LogP contribution in [0.15, 0.2) is 6.08 Å². The number of imidazole rings is 1. The largest absolute Gasteiger partial charge is 1.00 e. The van der Waals surface area contributed by atoms with Crippen LogP contribution in [0, 0.1) is 0 Å². The van der Waals surface area contributed by atoms with Crippen LogP contribution in [0.1, 0.15) is 5.69 Å². The molecule has 0 bridgehead atoms. The Bertz CT molecular complexity index is 281. The normalized spacial score (nSPS) is 13.1. The number of fused-ring (bicyclic) bond motifs is 1. The summed E-state index contributed by atoms with van der Waals surface area (Å²) in [7, 11) is 0. The Morgan fingerprint density at radius 3 is 3.09 bits per heavy atom. The van der Waals surface area contributed by atoms with Crippen molar-refractivity contribution in [1.29, 1.82) is 0 Å². The van der Waals surface area contributed by atoms with E-state index in [-0.39, 0.29) is 35.6 Å². The molecule has 1 aromatic heterocycles. The third-order valence-corrected chi connectivity index (χ3v) is 1.38. The fraction of sp³-hybridized carbons (Fsp3) is 0.167. The number of hydrogen-bond donors (Lipinski definition) is 2. The third-order valence-electron chi connectivity index (χ3n) is 1.38. The molecule has 2 rings (SSSR count). The molecule has 52 valence electrons. The minimum atomic E-state index is -0.288. The quantitative estimate of drug-likeness (QED) is 0.395. The number of nitrogens with one attached hydrogen (secondary N) is 2. The molecule has 0 saturated heterocycles. The molecule has 2 N–H and O–H groups in total. The number of aromatic nitrogens is 2. The fourth-order valence-corrected chi connectivity index (χ4v) is 0.952. The third kappa shape index (κ3) is 1.58. The number of H-pyrrole nitrogens is 1. The number of aromatic amines is 1. The second kappa shape index (κ2) is 3.30. The topological polar surface area (TPSA) is 63.8 Å². The van der Waals surface area contributed by atoms with E-state index in [2.05, 4.69) is 15.3 Å². The maximum Gasteiger partial charge on any atom is 1.00 e. The molecule has 0 saturated carbocycles. The van der Waals surface area contributed by atoms with Gasteiger partial charge in [0.15, 0.2) is 5.82 Å². The van der Waals surface area contributed by atoms with Gasteiger partial charge in [-0.2, -0.15) is 0 Å². The SMILES string of the molecule is [Na+].[O-]c1nc2c([nH]1)C=CCN2. The first-order valence-electron chi connectivity index (χ1n) is 3.04. The summed E-state index contributed by atoms with van der Waals surface area (Å²) in [6.45, 7) is 0.747. The van der Waals surface area contributed by atoms with E-state index in [4.69, 9.17) is 0 Å². The molecule has 0 amide bonds. The van der Waals surface area contributed by atoms with Crippen LogP contribution in [0.5, 0.6) is 6.01 Å². The van der Waals surface area contributed by atoms with Gasteiger partial charge in [0.1, 0.15) is 0 Å². The minimum Gasteiger partial charge on any atom is -0.846 e. The second-order valence-electron chi connectivity index (χ2n) is 2.09. The molecule has 0 unspecified atom stereocenters. The van der Waals surface area contributed by atoms with Gasteiger partial charge in [-0.3, -0.25) is 0 Å². The van der Waals surface area contributed by atoms with Gasteiger partial charge in [0, 0.05) is 6.54 Å². The van der Waals surface area contributed by atoms with Crippen LogP contribution in [-0.2, 0) is 0 Å². The molecule has 2 heterocycles. The monoisotopic (exact) mass is 159 g/mol.